The van der Waals surface area contributed by atoms with Gasteiger partial charge in [-0.2, -0.15) is 0 Å². The molecule has 0 atom stereocenters. The van der Waals surface area contributed by atoms with E-state index >= 15 is 0 Å². The van der Waals surface area contributed by atoms with Crippen molar-refractivity contribution in [2.24, 2.45) is 0 Å². The highest BCUT2D eigenvalue weighted by atomic mass is 32.2. The van der Waals surface area contributed by atoms with Crippen LogP contribution in [0.5, 0.6) is 0 Å². The van der Waals surface area contributed by atoms with Crippen LogP contribution in [0.4, 0.5) is 0 Å². The lowest BCUT2D eigenvalue weighted by Gasteiger charge is -2.10. The molecular weight excluding hydrogens is 302 g/mol. The molecule has 1 aromatic heterocycles. The monoisotopic (exact) mass is 321 g/mol. The predicted molar refractivity (Wildman–Crippen MR) is 83.1 cm³/mol. The number of hydrogen-bond acceptors (Lipinski definition) is 6. The van der Waals surface area contributed by atoms with Crippen molar-refractivity contribution in [2.75, 3.05) is 5.75 Å². The Morgan fingerprint density at radius 2 is 2.00 bits per heavy atom. The second kappa shape index (κ2) is 7.42. The molecule has 1 aromatic carbocycles. The maximum Gasteiger partial charge on any atom is 0.277 e. The lowest BCUT2D eigenvalue weighted by molar-refractivity contribution is -0.131. The van der Waals surface area contributed by atoms with E-state index in [1.807, 2.05) is 51.1 Å². The third-order valence-corrected chi connectivity index (χ3v) is 3.46. The fourth-order valence-corrected chi connectivity index (χ4v) is 2.05. The van der Waals surface area contributed by atoms with Crippen molar-refractivity contribution in [3.05, 3.63) is 41.8 Å². The molecule has 2 aromatic rings. The molecular formula is C15H19N3O3S. The first-order valence-corrected chi connectivity index (χ1v) is 7.85. The zero-order valence-electron chi connectivity index (χ0n) is 12.8. The Labute approximate surface area is 133 Å². The number of hydrogen-bond donors (Lipinski definition) is 1. The Hall–Kier alpha value is -1.86. The van der Waals surface area contributed by atoms with E-state index in [1.54, 1.807) is 0 Å². The summed E-state index contributed by atoms with van der Waals surface area (Å²) in [6.07, 6.45) is 0. The molecule has 0 spiro atoms. The summed E-state index contributed by atoms with van der Waals surface area (Å²) in [6, 6.07) is 9.60. The van der Waals surface area contributed by atoms with Crippen LogP contribution in [0.15, 0.2) is 40.0 Å². The molecule has 0 aliphatic carbocycles. The first-order valence-electron chi connectivity index (χ1n) is 6.86. The van der Waals surface area contributed by atoms with Gasteiger partial charge in [-0.25, -0.2) is 5.48 Å². The maximum atomic E-state index is 11.7. The molecule has 0 aliphatic rings. The minimum atomic E-state index is -0.253. The molecule has 0 aliphatic heterocycles. The predicted octanol–water partition coefficient (Wildman–Crippen LogP) is 2.71. The molecule has 0 radical (unpaired) electrons. The van der Waals surface area contributed by atoms with E-state index in [2.05, 4.69) is 15.7 Å². The van der Waals surface area contributed by atoms with Gasteiger partial charge >= 0.3 is 0 Å². The van der Waals surface area contributed by atoms with Gasteiger partial charge in [0.2, 0.25) is 5.89 Å². The summed E-state index contributed by atoms with van der Waals surface area (Å²) in [6.45, 7) is 6.28. The van der Waals surface area contributed by atoms with Gasteiger partial charge in [-0.05, 0) is 5.56 Å². The number of nitrogens with zero attached hydrogens (tertiary/aromatic N) is 2. The number of benzene rings is 1. The molecule has 0 saturated carbocycles. The quantitative estimate of drug-likeness (QED) is 0.651. The minimum absolute atomic E-state index is 0.153. The number of nitrogens with one attached hydrogen (secondary N) is 1. The molecule has 0 fully saturated rings. The van der Waals surface area contributed by atoms with E-state index in [1.165, 1.54) is 11.8 Å². The largest absolute Gasteiger partial charge is 0.415 e. The van der Waals surface area contributed by atoms with Crippen molar-refractivity contribution in [2.45, 2.75) is 38.0 Å². The lowest BCUT2D eigenvalue weighted by atomic mass is 9.97. The standard InChI is InChI=1S/C15H19N3O3S/c1-15(2,3)13-16-17-14(21-13)22-10-12(19)18-20-9-11-7-5-4-6-8-11/h4-8H,9-10H2,1-3H3,(H,18,19). The van der Waals surface area contributed by atoms with Crippen LogP contribution in [0.2, 0.25) is 0 Å². The zero-order chi connectivity index (χ0) is 16.0. The summed E-state index contributed by atoms with van der Waals surface area (Å²) >= 11 is 1.18. The van der Waals surface area contributed by atoms with Crippen molar-refractivity contribution in [1.82, 2.24) is 15.7 Å². The first-order chi connectivity index (χ1) is 10.4. The Balaban J connectivity index is 1.70. The maximum absolute atomic E-state index is 11.7. The SMILES string of the molecule is CC(C)(C)c1nnc(SCC(=O)NOCc2ccccc2)o1. The zero-order valence-corrected chi connectivity index (χ0v) is 13.6. The molecule has 1 amide bonds. The Morgan fingerprint density at radius 3 is 2.64 bits per heavy atom. The van der Waals surface area contributed by atoms with Crippen LogP contribution < -0.4 is 5.48 Å². The van der Waals surface area contributed by atoms with Gasteiger partial charge in [0.25, 0.3) is 11.1 Å². The highest BCUT2D eigenvalue weighted by Crippen LogP contribution is 2.24. The van der Waals surface area contributed by atoms with E-state index < -0.39 is 0 Å². The van der Waals surface area contributed by atoms with Crippen molar-refractivity contribution in [3.8, 4) is 0 Å². The molecule has 7 heteroatoms. The fraction of sp³-hybridized carbons (Fsp3) is 0.400. The van der Waals surface area contributed by atoms with E-state index in [9.17, 15) is 4.79 Å². The summed E-state index contributed by atoms with van der Waals surface area (Å²) in [7, 11) is 0. The number of hydroxylamine groups is 1. The third-order valence-electron chi connectivity index (χ3n) is 2.64. The number of thioether (sulfide) groups is 1. The molecule has 0 bridgehead atoms. The van der Waals surface area contributed by atoms with Crippen LogP contribution in [-0.2, 0) is 21.7 Å². The summed E-state index contributed by atoms with van der Waals surface area (Å²) in [5.74, 6) is 0.452. The van der Waals surface area contributed by atoms with Crippen LogP contribution in [0.25, 0.3) is 0 Å². The van der Waals surface area contributed by atoms with E-state index in [0.29, 0.717) is 17.7 Å². The number of aromatic nitrogens is 2. The lowest BCUT2D eigenvalue weighted by Crippen LogP contribution is -2.25. The van der Waals surface area contributed by atoms with E-state index in [0.717, 1.165) is 5.56 Å². The minimum Gasteiger partial charge on any atom is -0.415 e. The Morgan fingerprint density at radius 1 is 1.27 bits per heavy atom. The summed E-state index contributed by atoms with van der Waals surface area (Å²) in [5.41, 5.74) is 3.18. The number of carbonyl (C=O) groups is 1. The van der Waals surface area contributed by atoms with Crippen LogP contribution in [0.1, 0.15) is 32.2 Å². The van der Waals surface area contributed by atoms with Gasteiger partial charge in [-0.1, -0.05) is 62.9 Å². The average Bonchev–Trinajstić information content (AvgIpc) is 2.95. The molecule has 6 nitrogen and oxygen atoms in total. The first kappa shape index (κ1) is 16.5. The summed E-state index contributed by atoms with van der Waals surface area (Å²) in [5, 5.41) is 8.25. The normalized spacial score (nSPS) is 11.4. The summed E-state index contributed by atoms with van der Waals surface area (Å²) < 4.78 is 5.49. The smallest absolute Gasteiger partial charge is 0.277 e. The van der Waals surface area contributed by atoms with Crippen molar-refractivity contribution in [3.63, 3.8) is 0 Å². The van der Waals surface area contributed by atoms with Crippen molar-refractivity contribution >= 4 is 17.7 Å². The number of rotatable bonds is 6. The summed E-state index contributed by atoms with van der Waals surface area (Å²) in [4.78, 5) is 16.8. The third kappa shape index (κ3) is 5.16. The van der Waals surface area contributed by atoms with Gasteiger partial charge in [-0.15, -0.1) is 10.2 Å². The van der Waals surface area contributed by atoms with Gasteiger partial charge in [-0.3, -0.25) is 9.63 Å². The average molecular weight is 321 g/mol. The van der Waals surface area contributed by atoms with Crippen molar-refractivity contribution in [1.29, 1.82) is 0 Å². The number of carbonyl (C=O) groups excluding carboxylic acids is 1. The second-order valence-corrected chi connectivity index (χ2v) is 6.64. The Bertz CT molecular complexity index is 608. The number of amides is 1. The van der Waals surface area contributed by atoms with Crippen LogP contribution in [-0.4, -0.2) is 21.9 Å². The molecule has 1 N–H and O–H groups in total. The topological polar surface area (TPSA) is 77.2 Å². The molecule has 0 unspecified atom stereocenters. The van der Waals surface area contributed by atoms with Gasteiger partial charge < -0.3 is 4.42 Å². The molecule has 1 heterocycles. The van der Waals surface area contributed by atoms with Crippen LogP contribution >= 0.6 is 11.8 Å². The molecule has 0 saturated heterocycles. The van der Waals surface area contributed by atoms with Gasteiger partial charge in [0.1, 0.15) is 0 Å². The fourth-order valence-electron chi connectivity index (χ4n) is 1.50. The van der Waals surface area contributed by atoms with Gasteiger partial charge in [0.15, 0.2) is 0 Å². The molecule has 118 valence electrons. The molecule has 2 rings (SSSR count). The van der Waals surface area contributed by atoms with Gasteiger partial charge in [0, 0.05) is 5.41 Å². The molecule has 22 heavy (non-hydrogen) atoms. The highest BCUT2D eigenvalue weighted by Gasteiger charge is 2.21. The van der Waals surface area contributed by atoms with E-state index in [4.69, 9.17) is 9.25 Å². The van der Waals surface area contributed by atoms with Crippen LogP contribution in [0.3, 0.4) is 0 Å². The van der Waals surface area contributed by atoms with Crippen LogP contribution in [0, 0.1) is 0 Å². The van der Waals surface area contributed by atoms with Crippen molar-refractivity contribution < 1.29 is 14.0 Å². The Kier molecular flexibility index (Phi) is 5.57. The van der Waals surface area contributed by atoms with Gasteiger partial charge in [0.05, 0.1) is 12.4 Å². The van der Waals surface area contributed by atoms with E-state index in [-0.39, 0.29) is 17.1 Å². The second-order valence-electron chi connectivity index (χ2n) is 5.71. The highest BCUT2D eigenvalue weighted by molar-refractivity contribution is 7.99.